The lowest BCUT2D eigenvalue weighted by Crippen LogP contribution is -2.44. The van der Waals surface area contributed by atoms with Crippen molar-refractivity contribution in [3.05, 3.63) is 12.2 Å². The van der Waals surface area contributed by atoms with Crippen LogP contribution < -0.4 is 0 Å². The molecule has 3 nitrogen and oxygen atoms in total. The molecule has 3 fully saturated rings. The molecule has 3 aliphatic rings. The molecule has 0 spiro atoms. The molecule has 3 saturated carbocycles. The molecule has 1 N–H and O–H groups in total. The second kappa shape index (κ2) is 4.87. The van der Waals surface area contributed by atoms with Gasteiger partial charge in [0.05, 0.1) is 12.7 Å². The molecule has 0 radical (unpaired) electrons. The highest BCUT2D eigenvalue weighted by Gasteiger charge is 2.62. The summed E-state index contributed by atoms with van der Waals surface area (Å²) >= 11 is 0. The minimum atomic E-state index is -0.906. The van der Waals surface area contributed by atoms with Gasteiger partial charge >= 0.3 is 5.97 Å². The Morgan fingerprint density at radius 3 is 2.70 bits per heavy atom. The third-order valence-electron chi connectivity index (χ3n) is 6.30. The number of ether oxygens (including phenoxy) is 1. The largest absolute Gasteiger partial charge is 0.478 e. The molecule has 3 aliphatic carbocycles. The van der Waals surface area contributed by atoms with Gasteiger partial charge in [-0.15, -0.1) is 0 Å². The number of fused-ring (bicyclic) bond motifs is 5. The minimum absolute atomic E-state index is 0.251. The molecule has 5 atom stereocenters. The van der Waals surface area contributed by atoms with E-state index in [2.05, 4.69) is 20.4 Å². The average Bonchev–Trinajstić information content (AvgIpc) is 3.00. The topological polar surface area (TPSA) is 46.5 Å². The van der Waals surface area contributed by atoms with Crippen LogP contribution in [0.1, 0.15) is 46.0 Å². The maximum absolute atomic E-state index is 10.8. The summed E-state index contributed by atoms with van der Waals surface area (Å²) in [6.45, 7) is 8.78. The van der Waals surface area contributed by atoms with Gasteiger partial charge in [0, 0.05) is 12.0 Å². The molecule has 3 rings (SSSR count). The molecular weight excluding hydrogens is 252 g/mol. The Morgan fingerprint density at radius 1 is 1.30 bits per heavy atom. The van der Waals surface area contributed by atoms with E-state index < -0.39 is 5.97 Å². The molecule has 0 aliphatic heterocycles. The Balaban J connectivity index is 1.62. The van der Waals surface area contributed by atoms with E-state index in [9.17, 15) is 4.79 Å². The van der Waals surface area contributed by atoms with Crippen LogP contribution in [0.2, 0.25) is 0 Å². The lowest BCUT2D eigenvalue weighted by atomic mass is 9.66. The van der Waals surface area contributed by atoms with Gasteiger partial charge in [0.15, 0.2) is 0 Å². The molecule has 0 amide bonds. The van der Waals surface area contributed by atoms with Gasteiger partial charge in [0.25, 0.3) is 0 Å². The van der Waals surface area contributed by atoms with Crippen LogP contribution >= 0.6 is 0 Å². The van der Waals surface area contributed by atoms with Crippen LogP contribution in [-0.2, 0) is 9.53 Å². The first kappa shape index (κ1) is 14.1. The predicted molar refractivity (Wildman–Crippen MR) is 77.3 cm³/mol. The maximum atomic E-state index is 10.8. The molecule has 3 heteroatoms. The van der Waals surface area contributed by atoms with E-state index in [4.69, 9.17) is 9.84 Å². The Kier molecular flexibility index (Phi) is 3.44. The van der Waals surface area contributed by atoms with Crippen molar-refractivity contribution in [1.82, 2.24) is 0 Å². The zero-order valence-electron chi connectivity index (χ0n) is 12.6. The number of carbonyl (C=O) groups is 1. The molecule has 0 saturated heterocycles. The fourth-order valence-corrected chi connectivity index (χ4v) is 5.41. The van der Waals surface area contributed by atoms with Crippen LogP contribution in [-0.4, -0.2) is 23.8 Å². The lowest BCUT2D eigenvalue weighted by Gasteiger charge is -2.44. The summed E-state index contributed by atoms with van der Waals surface area (Å²) in [4.78, 5) is 10.8. The zero-order valence-corrected chi connectivity index (χ0v) is 12.6. The average molecular weight is 278 g/mol. The summed E-state index contributed by atoms with van der Waals surface area (Å²) < 4.78 is 6.16. The Labute approximate surface area is 121 Å². The fraction of sp³-hybridized carbons (Fsp3) is 0.824. The van der Waals surface area contributed by atoms with Crippen molar-refractivity contribution in [2.45, 2.75) is 52.1 Å². The molecule has 0 aromatic rings. The number of aliphatic carboxylic acids is 1. The fourth-order valence-electron chi connectivity index (χ4n) is 5.41. The summed E-state index contributed by atoms with van der Waals surface area (Å²) in [6, 6.07) is 0. The van der Waals surface area contributed by atoms with Crippen LogP contribution in [0.5, 0.6) is 0 Å². The molecule has 0 aromatic heterocycles. The van der Waals surface area contributed by atoms with Crippen molar-refractivity contribution >= 4 is 5.97 Å². The number of hydrogen-bond donors (Lipinski definition) is 1. The predicted octanol–water partition coefficient (Wildman–Crippen LogP) is 3.49. The Hall–Kier alpha value is -0.830. The first-order valence-corrected chi connectivity index (χ1v) is 7.95. The molecule has 20 heavy (non-hydrogen) atoms. The highest BCUT2D eigenvalue weighted by atomic mass is 16.5. The first-order chi connectivity index (χ1) is 9.43. The van der Waals surface area contributed by atoms with Gasteiger partial charge in [0.2, 0.25) is 0 Å². The summed E-state index contributed by atoms with van der Waals surface area (Å²) in [6.07, 6.45) is 6.26. The van der Waals surface area contributed by atoms with E-state index in [1.807, 2.05) is 0 Å². The van der Waals surface area contributed by atoms with Gasteiger partial charge in [-0.25, -0.2) is 4.79 Å². The zero-order chi connectivity index (χ0) is 14.5. The molecule has 0 heterocycles. The van der Waals surface area contributed by atoms with Crippen molar-refractivity contribution in [3.63, 3.8) is 0 Å². The highest BCUT2D eigenvalue weighted by Crippen LogP contribution is 2.66. The standard InChI is InChI=1S/C17H26O3/c1-10(16(18)19)7-8-20-15-13-9-14(17(15,2)3)12-6-4-5-11(12)13/h11-15H,1,4-9H2,2-3H3,(H,18,19). The lowest BCUT2D eigenvalue weighted by molar-refractivity contribution is -0.133. The monoisotopic (exact) mass is 278 g/mol. The van der Waals surface area contributed by atoms with E-state index >= 15 is 0 Å². The number of rotatable bonds is 5. The van der Waals surface area contributed by atoms with Crippen LogP contribution in [0.25, 0.3) is 0 Å². The Bertz CT molecular complexity index is 426. The van der Waals surface area contributed by atoms with Crippen LogP contribution in [0, 0.1) is 29.1 Å². The van der Waals surface area contributed by atoms with Crippen molar-refractivity contribution in [2.24, 2.45) is 29.1 Å². The van der Waals surface area contributed by atoms with Gasteiger partial charge in [0.1, 0.15) is 0 Å². The van der Waals surface area contributed by atoms with E-state index in [1.54, 1.807) is 0 Å². The molecule has 5 unspecified atom stereocenters. The quantitative estimate of drug-likeness (QED) is 0.783. The van der Waals surface area contributed by atoms with Gasteiger partial charge in [-0.3, -0.25) is 0 Å². The van der Waals surface area contributed by atoms with E-state index in [0.717, 1.165) is 17.8 Å². The second-order valence-corrected chi connectivity index (χ2v) is 7.54. The summed E-state index contributed by atoms with van der Waals surface area (Å²) in [5.74, 6) is 2.43. The summed E-state index contributed by atoms with van der Waals surface area (Å²) in [5, 5.41) is 8.85. The van der Waals surface area contributed by atoms with E-state index in [1.165, 1.54) is 25.7 Å². The van der Waals surface area contributed by atoms with E-state index in [0.29, 0.717) is 25.0 Å². The van der Waals surface area contributed by atoms with Crippen molar-refractivity contribution in [3.8, 4) is 0 Å². The second-order valence-electron chi connectivity index (χ2n) is 7.54. The third kappa shape index (κ3) is 2.02. The van der Waals surface area contributed by atoms with Crippen LogP contribution in [0.4, 0.5) is 0 Å². The van der Waals surface area contributed by atoms with Gasteiger partial charge in [-0.1, -0.05) is 26.8 Å². The van der Waals surface area contributed by atoms with Crippen molar-refractivity contribution < 1.29 is 14.6 Å². The third-order valence-corrected chi connectivity index (χ3v) is 6.30. The molecule has 112 valence electrons. The SMILES string of the molecule is C=C(CCOC1C2CC(C3CCCC32)C1(C)C)C(=O)O. The number of hydrogen-bond acceptors (Lipinski definition) is 2. The summed E-state index contributed by atoms with van der Waals surface area (Å²) in [5.41, 5.74) is 0.505. The number of carboxylic acids is 1. The van der Waals surface area contributed by atoms with Gasteiger partial charge in [-0.2, -0.15) is 0 Å². The first-order valence-electron chi connectivity index (χ1n) is 7.95. The van der Waals surface area contributed by atoms with Crippen molar-refractivity contribution in [1.29, 1.82) is 0 Å². The van der Waals surface area contributed by atoms with Crippen LogP contribution in [0.15, 0.2) is 12.2 Å². The smallest absolute Gasteiger partial charge is 0.331 e. The summed E-state index contributed by atoms with van der Waals surface area (Å²) in [7, 11) is 0. The normalized spacial score (nSPS) is 40.8. The van der Waals surface area contributed by atoms with Gasteiger partial charge in [-0.05, 0) is 48.3 Å². The minimum Gasteiger partial charge on any atom is -0.478 e. The van der Waals surface area contributed by atoms with E-state index in [-0.39, 0.29) is 11.0 Å². The Morgan fingerprint density at radius 2 is 2.00 bits per heavy atom. The molecular formula is C17H26O3. The van der Waals surface area contributed by atoms with Gasteiger partial charge < -0.3 is 9.84 Å². The molecule has 0 aromatic carbocycles. The maximum Gasteiger partial charge on any atom is 0.331 e. The highest BCUT2D eigenvalue weighted by molar-refractivity contribution is 5.85. The molecule has 2 bridgehead atoms. The van der Waals surface area contributed by atoms with Crippen molar-refractivity contribution in [2.75, 3.05) is 6.61 Å². The van der Waals surface area contributed by atoms with Crippen LogP contribution in [0.3, 0.4) is 0 Å². The number of carboxylic acid groups (broad SMARTS) is 1.